The Hall–Kier alpha value is -4.97. The van der Waals surface area contributed by atoms with Crippen molar-refractivity contribution in [1.82, 2.24) is 25.3 Å². The first-order valence-corrected chi connectivity index (χ1v) is 16.8. The van der Waals surface area contributed by atoms with Crippen LogP contribution in [-0.2, 0) is 19.9 Å². The van der Waals surface area contributed by atoms with Crippen molar-refractivity contribution >= 4 is 35.2 Å². The van der Waals surface area contributed by atoms with E-state index in [1.165, 1.54) is 0 Å². The van der Waals surface area contributed by atoms with Gasteiger partial charge in [0.1, 0.15) is 11.6 Å². The summed E-state index contributed by atoms with van der Waals surface area (Å²) in [5.74, 6) is 5.76. The van der Waals surface area contributed by atoms with Gasteiger partial charge in [-0.15, -0.1) is 0 Å². The monoisotopic (exact) mass is 647 g/mol. The van der Waals surface area contributed by atoms with Gasteiger partial charge in [0.2, 0.25) is 17.7 Å². The highest BCUT2D eigenvalue weighted by molar-refractivity contribution is 6.23. The van der Waals surface area contributed by atoms with E-state index in [1.807, 2.05) is 20.0 Å². The third-order valence-electron chi connectivity index (χ3n) is 11.6. The number of piperidine rings is 1. The summed E-state index contributed by atoms with van der Waals surface area (Å²) in [4.78, 5) is 66.7. The van der Waals surface area contributed by atoms with Crippen molar-refractivity contribution in [2.24, 2.45) is 29.1 Å². The lowest BCUT2D eigenvalue weighted by Crippen LogP contribution is -2.61. The van der Waals surface area contributed by atoms with Crippen molar-refractivity contribution in [3.8, 4) is 17.9 Å². The Morgan fingerprint density at radius 3 is 2.50 bits per heavy atom. The molecular weight excluding hydrogens is 610 g/mol. The van der Waals surface area contributed by atoms with Crippen molar-refractivity contribution < 1.29 is 24.0 Å². The lowest BCUT2D eigenvalue weighted by molar-refractivity contribution is -0.136. The first-order valence-electron chi connectivity index (χ1n) is 16.8. The zero-order chi connectivity index (χ0) is 33.5. The molecule has 0 spiro atoms. The van der Waals surface area contributed by atoms with Gasteiger partial charge in [0.25, 0.3) is 11.8 Å². The molecule has 3 aliphatic heterocycles. The van der Waals surface area contributed by atoms with Gasteiger partial charge in [-0.2, -0.15) is 10.4 Å². The normalized spacial score (nSPS) is 30.7. The van der Waals surface area contributed by atoms with Crippen LogP contribution in [0.5, 0.6) is 0 Å². The lowest BCUT2D eigenvalue weighted by Gasteiger charge is -2.57. The molecule has 2 N–H and O–H groups in total. The molecule has 3 unspecified atom stereocenters. The molecule has 4 bridgehead atoms. The Kier molecular flexibility index (Phi) is 6.82. The fraction of sp³-hybridized carbons (Fsp3) is 0.528. The largest absolute Gasteiger partial charge is 0.369 e. The molecule has 3 atom stereocenters. The predicted octanol–water partition coefficient (Wildman–Crippen LogP) is 2.34. The molecule has 12 nitrogen and oxygen atoms in total. The van der Waals surface area contributed by atoms with Crippen molar-refractivity contribution in [3.05, 3.63) is 47.3 Å². The van der Waals surface area contributed by atoms with Crippen molar-refractivity contribution in [2.75, 3.05) is 18.0 Å². The van der Waals surface area contributed by atoms with Crippen LogP contribution in [0.15, 0.2) is 30.6 Å². The highest BCUT2D eigenvalue weighted by Crippen LogP contribution is 2.59. The molecule has 6 fully saturated rings. The predicted molar refractivity (Wildman–Crippen MR) is 171 cm³/mol. The Balaban J connectivity index is 0.881. The average molecular weight is 648 g/mol. The molecule has 4 heterocycles. The van der Waals surface area contributed by atoms with E-state index in [-0.39, 0.29) is 47.3 Å². The summed E-state index contributed by atoms with van der Waals surface area (Å²) in [6.45, 7) is 5.01. The quantitative estimate of drug-likeness (QED) is 0.370. The second-order valence-corrected chi connectivity index (χ2v) is 15.1. The first kappa shape index (κ1) is 30.4. The zero-order valence-corrected chi connectivity index (χ0v) is 27.0. The van der Waals surface area contributed by atoms with Crippen LogP contribution in [0.3, 0.4) is 0 Å². The van der Waals surface area contributed by atoms with Gasteiger partial charge in [-0.3, -0.25) is 38.9 Å². The molecule has 2 saturated heterocycles. The Morgan fingerprint density at radius 2 is 1.79 bits per heavy atom. The van der Waals surface area contributed by atoms with Crippen LogP contribution in [0, 0.1) is 52.3 Å². The Morgan fingerprint density at radius 1 is 1.06 bits per heavy atom. The van der Waals surface area contributed by atoms with Gasteiger partial charge in [0.15, 0.2) is 0 Å². The summed E-state index contributed by atoms with van der Waals surface area (Å²) in [6, 6.07) is 6.84. The molecule has 4 saturated carbocycles. The van der Waals surface area contributed by atoms with Gasteiger partial charge in [-0.25, -0.2) is 0 Å². The minimum atomic E-state index is -0.994. The standard InChI is InChI=1S/C36H37N7O5/c1-35(2,34(48)40-30-23-9-22-10-24(30)14-36(12-22,13-23)19-37)42-18-20(15-38-42)3-4-21-16-41(17-21)25-5-6-26-27(11-25)33(47)43(32(26)46)28-7-8-29(44)39-31(28)45/h5-6,11,15,18,21-24,28,30H,7-10,12-14,16-17H2,1-2H3,(H,40,48)(H,39,44,45). The summed E-state index contributed by atoms with van der Waals surface area (Å²) >= 11 is 0. The maximum absolute atomic E-state index is 13.6. The fourth-order valence-electron chi connectivity index (χ4n) is 9.14. The van der Waals surface area contributed by atoms with Crippen molar-refractivity contribution in [2.45, 2.75) is 76.4 Å². The third kappa shape index (κ3) is 4.80. The van der Waals surface area contributed by atoms with Gasteiger partial charge >= 0.3 is 0 Å². The van der Waals surface area contributed by atoms with Gasteiger partial charge in [0.05, 0.1) is 40.3 Å². The maximum Gasteiger partial charge on any atom is 0.262 e. The SMILES string of the molecule is CC(C)(C(=O)NC1C2CC3CC1CC(C#N)(C3)C2)n1cc(C#CC2CN(c3ccc4c(c3)C(=O)N(C3CCC(=O)NC3=O)C4=O)C2)cn1. The number of anilines is 1. The van der Waals surface area contributed by atoms with E-state index in [0.717, 1.165) is 48.3 Å². The van der Waals surface area contributed by atoms with Crippen molar-refractivity contribution in [3.63, 3.8) is 0 Å². The van der Waals surface area contributed by atoms with E-state index < -0.39 is 35.2 Å². The molecule has 48 heavy (non-hydrogen) atoms. The second kappa shape index (κ2) is 10.8. The maximum atomic E-state index is 13.6. The van der Waals surface area contributed by atoms with E-state index in [0.29, 0.717) is 30.8 Å². The second-order valence-electron chi connectivity index (χ2n) is 15.1. The van der Waals surface area contributed by atoms with E-state index >= 15 is 0 Å². The molecular formula is C36H37N7O5. The molecule has 0 radical (unpaired) electrons. The van der Waals surface area contributed by atoms with Gasteiger partial charge < -0.3 is 10.2 Å². The molecule has 1 aromatic carbocycles. The number of carbonyl (C=O) groups is 5. The van der Waals surface area contributed by atoms with E-state index in [2.05, 4.69) is 38.5 Å². The van der Waals surface area contributed by atoms with Gasteiger partial charge in [-0.1, -0.05) is 11.8 Å². The molecule has 4 aliphatic carbocycles. The van der Waals surface area contributed by atoms with Gasteiger partial charge in [0, 0.05) is 37.4 Å². The fourth-order valence-corrected chi connectivity index (χ4v) is 9.14. The Bertz CT molecular complexity index is 1870. The van der Waals surface area contributed by atoms with E-state index in [1.54, 1.807) is 29.1 Å². The summed E-state index contributed by atoms with van der Waals surface area (Å²) in [6.07, 6.45) is 8.65. The van der Waals surface area contributed by atoms with Crippen LogP contribution in [-0.4, -0.2) is 69.4 Å². The number of benzene rings is 1. The molecule has 7 aliphatic rings. The number of hydrogen-bond donors (Lipinski definition) is 2. The van der Waals surface area contributed by atoms with Crippen LogP contribution < -0.4 is 15.5 Å². The molecule has 12 heteroatoms. The number of aromatic nitrogens is 2. The highest BCUT2D eigenvalue weighted by atomic mass is 16.2. The number of amides is 5. The van der Waals surface area contributed by atoms with Crippen LogP contribution in [0.4, 0.5) is 5.69 Å². The van der Waals surface area contributed by atoms with Crippen LogP contribution in [0.2, 0.25) is 0 Å². The Labute approximate surface area is 278 Å². The average Bonchev–Trinajstić information content (AvgIpc) is 3.61. The highest BCUT2D eigenvalue weighted by Gasteiger charge is 2.56. The first-order chi connectivity index (χ1) is 22.9. The van der Waals surface area contributed by atoms with Gasteiger partial charge in [-0.05, 0) is 88.3 Å². The number of hydrogen-bond acceptors (Lipinski definition) is 8. The number of fused-ring (bicyclic) bond motifs is 1. The van der Waals surface area contributed by atoms with E-state index in [9.17, 15) is 29.2 Å². The number of imide groups is 2. The minimum Gasteiger partial charge on any atom is -0.369 e. The summed E-state index contributed by atoms with van der Waals surface area (Å²) < 4.78 is 1.67. The zero-order valence-electron chi connectivity index (χ0n) is 27.0. The molecule has 246 valence electrons. The van der Waals surface area contributed by atoms with Crippen LogP contribution in [0.25, 0.3) is 0 Å². The third-order valence-corrected chi connectivity index (χ3v) is 11.6. The molecule has 1 aromatic heterocycles. The molecule has 2 aromatic rings. The number of nitriles is 1. The molecule has 5 amide bonds. The number of nitrogens with one attached hydrogen (secondary N) is 2. The summed E-state index contributed by atoms with van der Waals surface area (Å²) in [7, 11) is 0. The minimum absolute atomic E-state index is 0.0713. The number of carbonyl (C=O) groups excluding carboxylic acids is 5. The number of rotatable bonds is 5. The lowest BCUT2D eigenvalue weighted by atomic mass is 9.48. The summed E-state index contributed by atoms with van der Waals surface area (Å²) in [5.41, 5.74) is 0.919. The topological polar surface area (TPSA) is 158 Å². The van der Waals surface area contributed by atoms with Crippen molar-refractivity contribution in [1.29, 1.82) is 5.26 Å². The van der Waals surface area contributed by atoms with Crippen LogP contribution >= 0.6 is 0 Å². The number of nitrogens with zero attached hydrogens (tertiary/aromatic N) is 5. The smallest absolute Gasteiger partial charge is 0.262 e. The summed E-state index contributed by atoms with van der Waals surface area (Å²) in [5, 5.41) is 19.9. The van der Waals surface area contributed by atoms with E-state index in [4.69, 9.17) is 0 Å². The van der Waals surface area contributed by atoms with Crippen LogP contribution in [0.1, 0.15) is 85.1 Å². The molecule has 9 rings (SSSR count).